The summed E-state index contributed by atoms with van der Waals surface area (Å²) in [6, 6.07) is 8.30. The van der Waals surface area contributed by atoms with Crippen molar-refractivity contribution >= 4 is 23.5 Å². The minimum absolute atomic E-state index is 0.0637. The summed E-state index contributed by atoms with van der Waals surface area (Å²) < 4.78 is 9.41. The Morgan fingerprint density at radius 3 is 2.09 bits per heavy atom. The molecule has 0 bridgehead atoms. The fraction of sp³-hybridized carbons (Fsp3) is 0.235. The van der Waals surface area contributed by atoms with E-state index in [0.29, 0.717) is 5.56 Å². The summed E-state index contributed by atoms with van der Waals surface area (Å²) in [5, 5.41) is 10.2. The molecule has 1 N–H and O–H groups in total. The average molecular weight is 318 g/mol. The van der Waals surface area contributed by atoms with Crippen molar-refractivity contribution in [3.8, 4) is 0 Å². The molecule has 122 valence electrons. The van der Waals surface area contributed by atoms with Gasteiger partial charge in [-0.15, -0.1) is 0 Å². The van der Waals surface area contributed by atoms with E-state index in [1.54, 1.807) is 44.2 Å². The summed E-state index contributed by atoms with van der Waals surface area (Å²) in [4.78, 5) is 34.8. The van der Waals surface area contributed by atoms with Gasteiger partial charge in [-0.3, -0.25) is 4.79 Å². The van der Waals surface area contributed by atoms with E-state index >= 15 is 0 Å². The van der Waals surface area contributed by atoms with Crippen LogP contribution in [0.3, 0.4) is 0 Å². The van der Waals surface area contributed by atoms with Crippen molar-refractivity contribution in [1.29, 1.82) is 0 Å². The van der Waals surface area contributed by atoms with Crippen LogP contribution in [0.25, 0.3) is 5.76 Å². The molecular formula is C17H18O6. The van der Waals surface area contributed by atoms with Crippen molar-refractivity contribution in [2.24, 2.45) is 0 Å². The van der Waals surface area contributed by atoms with Crippen LogP contribution in [0, 0.1) is 0 Å². The smallest absolute Gasteiger partial charge is 0.379 e. The fourth-order valence-corrected chi connectivity index (χ4v) is 1.63. The van der Waals surface area contributed by atoms with Crippen molar-refractivity contribution in [2.45, 2.75) is 13.8 Å². The molecule has 0 aromatic heterocycles. The largest absolute Gasteiger partial charge is 0.506 e. The number of aliphatic hydroxyl groups is 1. The Hall–Kier alpha value is -2.89. The van der Waals surface area contributed by atoms with Gasteiger partial charge in [0.25, 0.3) is 5.78 Å². The summed E-state index contributed by atoms with van der Waals surface area (Å²) in [6.45, 7) is 3.35. The number of aliphatic hydroxyl groups excluding tert-OH is 1. The van der Waals surface area contributed by atoms with Crippen molar-refractivity contribution in [3.05, 3.63) is 53.6 Å². The molecule has 0 aliphatic heterocycles. The van der Waals surface area contributed by atoms with E-state index in [9.17, 15) is 19.5 Å². The summed E-state index contributed by atoms with van der Waals surface area (Å²) in [5.74, 6) is -3.13. The van der Waals surface area contributed by atoms with Crippen molar-refractivity contribution in [3.63, 3.8) is 0 Å². The van der Waals surface area contributed by atoms with Crippen molar-refractivity contribution in [1.82, 2.24) is 0 Å². The highest BCUT2D eigenvalue weighted by atomic mass is 16.5. The van der Waals surface area contributed by atoms with Gasteiger partial charge in [-0.05, 0) is 26.0 Å². The van der Waals surface area contributed by atoms with E-state index < -0.39 is 17.7 Å². The second-order valence-electron chi connectivity index (χ2n) is 4.27. The molecule has 0 saturated carbocycles. The molecule has 23 heavy (non-hydrogen) atoms. The minimum atomic E-state index is -1.04. The van der Waals surface area contributed by atoms with Crippen LogP contribution in [0.15, 0.2) is 48.1 Å². The van der Waals surface area contributed by atoms with Gasteiger partial charge in [0, 0.05) is 5.56 Å². The Morgan fingerprint density at radius 2 is 1.52 bits per heavy atom. The van der Waals surface area contributed by atoms with Gasteiger partial charge in [0.15, 0.2) is 0 Å². The van der Waals surface area contributed by atoms with Crippen molar-refractivity contribution < 1.29 is 29.0 Å². The van der Waals surface area contributed by atoms with E-state index in [0.717, 1.165) is 12.2 Å². The maximum Gasteiger partial charge on any atom is 0.379 e. The topological polar surface area (TPSA) is 89.9 Å². The molecule has 6 heteroatoms. The van der Waals surface area contributed by atoms with E-state index in [1.807, 2.05) is 0 Å². The van der Waals surface area contributed by atoms with Crippen LogP contribution in [0.4, 0.5) is 0 Å². The Morgan fingerprint density at radius 1 is 0.957 bits per heavy atom. The van der Waals surface area contributed by atoms with Crippen molar-refractivity contribution in [2.75, 3.05) is 13.2 Å². The Kier molecular flexibility index (Phi) is 7.26. The lowest BCUT2D eigenvalue weighted by molar-refractivity contribution is -0.151. The van der Waals surface area contributed by atoms with Crippen LogP contribution in [-0.4, -0.2) is 36.0 Å². The summed E-state index contributed by atoms with van der Waals surface area (Å²) >= 11 is 0. The van der Waals surface area contributed by atoms with E-state index in [-0.39, 0.29) is 24.5 Å². The highest BCUT2D eigenvalue weighted by Crippen LogP contribution is 2.18. The van der Waals surface area contributed by atoms with Gasteiger partial charge in [-0.25, -0.2) is 9.59 Å². The maximum atomic E-state index is 11.9. The van der Waals surface area contributed by atoms with Gasteiger partial charge in [0.05, 0.1) is 13.2 Å². The quantitative estimate of drug-likeness (QED) is 0.272. The lowest BCUT2D eigenvalue weighted by Gasteiger charge is -2.07. The first-order valence-corrected chi connectivity index (χ1v) is 7.06. The van der Waals surface area contributed by atoms with Gasteiger partial charge in [0.2, 0.25) is 0 Å². The zero-order valence-corrected chi connectivity index (χ0v) is 12.9. The third-order valence-electron chi connectivity index (χ3n) is 2.68. The molecule has 0 atom stereocenters. The van der Waals surface area contributed by atoms with E-state index in [1.165, 1.54) is 0 Å². The van der Waals surface area contributed by atoms with Crippen LogP contribution in [0.1, 0.15) is 19.4 Å². The third kappa shape index (κ3) is 5.43. The van der Waals surface area contributed by atoms with Gasteiger partial charge >= 0.3 is 11.9 Å². The zero-order valence-electron chi connectivity index (χ0n) is 12.9. The molecule has 0 spiro atoms. The van der Waals surface area contributed by atoms with Gasteiger partial charge in [0.1, 0.15) is 11.3 Å². The highest BCUT2D eigenvalue weighted by molar-refractivity contribution is 6.38. The Bertz CT molecular complexity index is 628. The summed E-state index contributed by atoms with van der Waals surface area (Å²) in [7, 11) is 0. The number of esters is 2. The van der Waals surface area contributed by atoms with Crippen LogP contribution in [-0.2, 0) is 23.9 Å². The molecule has 0 amide bonds. The first-order valence-electron chi connectivity index (χ1n) is 7.06. The zero-order chi connectivity index (χ0) is 17.2. The van der Waals surface area contributed by atoms with Crippen LogP contribution in [0.2, 0.25) is 0 Å². The lowest BCUT2D eigenvalue weighted by Crippen LogP contribution is -2.15. The normalized spacial score (nSPS) is 11.7. The molecule has 1 aromatic rings. The van der Waals surface area contributed by atoms with Crippen LogP contribution in [0.5, 0.6) is 0 Å². The molecule has 0 saturated heterocycles. The summed E-state index contributed by atoms with van der Waals surface area (Å²) in [5.41, 5.74) is 0.152. The predicted molar refractivity (Wildman–Crippen MR) is 83.4 cm³/mol. The standard InChI is InChI=1S/C17H18O6/c1-3-22-16(20)13(10-11-14(18)17(21)23-4-2)15(19)12-8-6-5-7-9-12/h5-11,19H,3-4H2,1-2H3. The molecule has 0 fully saturated rings. The number of carbonyl (C=O) groups excluding carboxylic acids is 3. The molecule has 0 aliphatic rings. The molecule has 0 radical (unpaired) electrons. The van der Waals surface area contributed by atoms with Crippen LogP contribution < -0.4 is 0 Å². The second-order valence-corrected chi connectivity index (χ2v) is 4.27. The fourth-order valence-electron chi connectivity index (χ4n) is 1.63. The predicted octanol–water partition coefficient (Wildman–Crippen LogP) is 2.21. The average Bonchev–Trinajstić information content (AvgIpc) is 2.56. The minimum Gasteiger partial charge on any atom is -0.506 e. The monoisotopic (exact) mass is 318 g/mol. The molecule has 1 aromatic carbocycles. The number of hydrogen-bond donors (Lipinski definition) is 1. The van der Waals surface area contributed by atoms with E-state index in [4.69, 9.17) is 4.74 Å². The summed E-state index contributed by atoms with van der Waals surface area (Å²) in [6.07, 6.45) is 1.91. The maximum absolute atomic E-state index is 11.9. The second kappa shape index (κ2) is 9.19. The highest BCUT2D eigenvalue weighted by Gasteiger charge is 2.17. The van der Waals surface area contributed by atoms with E-state index in [2.05, 4.69) is 4.74 Å². The van der Waals surface area contributed by atoms with Crippen LogP contribution >= 0.6 is 0 Å². The number of carbonyl (C=O) groups is 3. The number of benzene rings is 1. The first kappa shape index (κ1) is 18.2. The Labute approximate surface area is 134 Å². The third-order valence-corrected chi connectivity index (χ3v) is 2.68. The number of ketones is 1. The Balaban J connectivity index is 3.14. The molecule has 0 heterocycles. The molecule has 0 unspecified atom stereocenters. The lowest BCUT2D eigenvalue weighted by atomic mass is 10.1. The first-order chi connectivity index (χ1) is 11.0. The molecule has 6 nitrogen and oxygen atoms in total. The van der Waals surface area contributed by atoms with Gasteiger partial charge in [-0.2, -0.15) is 0 Å². The molecule has 1 rings (SSSR count). The van der Waals surface area contributed by atoms with Gasteiger partial charge in [-0.1, -0.05) is 30.3 Å². The molecular weight excluding hydrogens is 300 g/mol. The number of rotatable bonds is 7. The SMILES string of the molecule is CCOC(=O)C(=O)C=CC(C(=O)OCC)=C(O)c1ccccc1. The number of hydrogen-bond acceptors (Lipinski definition) is 6. The molecule has 0 aliphatic carbocycles. The number of ether oxygens (including phenoxy) is 2. The van der Waals surface area contributed by atoms with Gasteiger partial charge < -0.3 is 14.6 Å².